The Morgan fingerprint density at radius 1 is 1.14 bits per heavy atom. The molecule has 2 aromatic rings. The predicted octanol–water partition coefficient (Wildman–Crippen LogP) is 4.72. The van der Waals surface area contributed by atoms with Crippen LogP contribution in [0.3, 0.4) is 0 Å². The number of hydrogen-bond acceptors (Lipinski definition) is 2. The molecule has 0 spiro atoms. The third-order valence-electron chi connectivity index (χ3n) is 3.15. The zero-order valence-electron chi connectivity index (χ0n) is 11.9. The lowest BCUT2D eigenvalue weighted by Crippen LogP contribution is -2.25. The molecule has 1 atom stereocenters. The Balaban J connectivity index is 1.93. The van der Waals surface area contributed by atoms with Gasteiger partial charge in [0.25, 0.3) is 0 Å². The number of carbonyl (C=O) groups excluding carboxylic acids is 1. The van der Waals surface area contributed by atoms with E-state index in [9.17, 15) is 4.79 Å². The van der Waals surface area contributed by atoms with E-state index in [4.69, 9.17) is 16.3 Å². The van der Waals surface area contributed by atoms with Crippen LogP contribution < -0.4 is 5.32 Å². The third kappa shape index (κ3) is 4.50. The highest BCUT2D eigenvalue weighted by Gasteiger charge is 2.17. The van der Waals surface area contributed by atoms with E-state index in [0.29, 0.717) is 18.0 Å². The van der Waals surface area contributed by atoms with Gasteiger partial charge in [-0.25, -0.2) is 4.79 Å². The fourth-order valence-electron chi connectivity index (χ4n) is 2.04. The lowest BCUT2D eigenvalue weighted by molar-refractivity contribution is 0.0948. The van der Waals surface area contributed by atoms with Gasteiger partial charge in [0, 0.05) is 17.1 Å². The van der Waals surface area contributed by atoms with Crippen molar-refractivity contribution in [3.8, 4) is 0 Å². The molecule has 0 unspecified atom stereocenters. The SMILES string of the molecule is CC[C@@H](OC(=O)NCc1ccccc1)c1ccccc1Cl. The number of nitrogens with one attached hydrogen (secondary N) is 1. The predicted molar refractivity (Wildman–Crippen MR) is 84.2 cm³/mol. The molecule has 4 heteroatoms. The highest BCUT2D eigenvalue weighted by molar-refractivity contribution is 6.31. The van der Waals surface area contributed by atoms with Crippen molar-refractivity contribution in [2.75, 3.05) is 0 Å². The minimum atomic E-state index is -0.439. The van der Waals surface area contributed by atoms with Gasteiger partial charge in [-0.1, -0.05) is 67.1 Å². The van der Waals surface area contributed by atoms with Crippen LogP contribution >= 0.6 is 11.6 Å². The summed E-state index contributed by atoms with van der Waals surface area (Å²) in [4.78, 5) is 11.9. The molecule has 0 aliphatic carbocycles. The van der Waals surface area contributed by atoms with Gasteiger partial charge in [-0.05, 0) is 18.1 Å². The number of amides is 1. The molecule has 0 saturated heterocycles. The van der Waals surface area contributed by atoms with Crippen molar-refractivity contribution in [3.05, 3.63) is 70.7 Å². The van der Waals surface area contributed by atoms with Gasteiger partial charge in [-0.15, -0.1) is 0 Å². The van der Waals surface area contributed by atoms with Gasteiger partial charge in [0.05, 0.1) is 0 Å². The van der Waals surface area contributed by atoms with Crippen molar-refractivity contribution in [1.29, 1.82) is 0 Å². The van der Waals surface area contributed by atoms with Crippen molar-refractivity contribution in [2.24, 2.45) is 0 Å². The van der Waals surface area contributed by atoms with E-state index in [0.717, 1.165) is 11.1 Å². The molecule has 0 radical (unpaired) electrons. The minimum absolute atomic E-state index is 0.338. The Morgan fingerprint density at radius 2 is 1.81 bits per heavy atom. The van der Waals surface area contributed by atoms with Crippen molar-refractivity contribution >= 4 is 17.7 Å². The van der Waals surface area contributed by atoms with E-state index in [2.05, 4.69) is 5.32 Å². The first-order valence-electron chi connectivity index (χ1n) is 6.93. The van der Waals surface area contributed by atoms with Crippen LogP contribution in [0.1, 0.15) is 30.6 Å². The summed E-state index contributed by atoms with van der Waals surface area (Å²) >= 11 is 6.14. The molecule has 2 rings (SSSR count). The quantitative estimate of drug-likeness (QED) is 0.868. The molecule has 0 aliphatic rings. The first-order valence-corrected chi connectivity index (χ1v) is 7.31. The Bertz CT molecular complexity index is 586. The second-order valence-corrected chi connectivity index (χ2v) is 5.07. The van der Waals surface area contributed by atoms with Gasteiger partial charge < -0.3 is 10.1 Å². The topological polar surface area (TPSA) is 38.3 Å². The average molecular weight is 304 g/mol. The summed E-state index contributed by atoms with van der Waals surface area (Å²) in [6, 6.07) is 17.1. The summed E-state index contributed by atoms with van der Waals surface area (Å²) in [5, 5.41) is 3.36. The molecular weight excluding hydrogens is 286 g/mol. The summed E-state index contributed by atoms with van der Waals surface area (Å²) in [7, 11) is 0. The van der Waals surface area contributed by atoms with Crippen LogP contribution in [-0.4, -0.2) is 6.09 Å². The molecule has 0 aromatic heterocycles. The highest BCUT2D eigenvalue weighted by Crippen LogP contribution is 2.27. The molecule has 2 aromatic carbocycles. The molecular formula is C17H18ClNO2. The van der Waals surface area contributed by atoms with Crippen LogP contribution in [0.5, 0.6) is 0 Å². The second-order valence-electron chi connectivity index (χ2n) is 4.66. The van der Waals surface area contributed by atoms with Crippen LogP contribution in [0.25, 0.3) is 0 Å². The maximum absolute atomic E-state index is 11.9. The van der Waals surface area contributed by atoms with Crippen molar-refractivity contribution in [1.82, 2.24) is 5.32 Å². The lowest BCUT2D eigenvalue weighted by atomic mass is 10.1. The molecule has 0 heterocycles. The van der Waals surface area contributed by atoms with Gasteiger partial charge in [-0.2, -0.15) is 0 Å². The van der Waals surface area contributed by atoms with Gasteiger partial charge in [-0.3, -0.25) is 0 Å². The fraction of sp³-hybridized carbons (Fsp3) is 0.235. The minimum Gasteiger partial charge on any atom is -0.441 e. The number of carbonyl (C=O) groups is 1. The van der Waals surface area contributed by atoms with Crippen LogP contribution in [-0.2, 0) is 11.3 Å². The van der Waals surface area contributed by atoms with E-state index >= 15 is 0 Å². The van der Waals surface area contributed by atoms with Gasteiger partial charge in [0.1, 0.15) is 6.10 Å². The van der Waals surface area contributed by atoms with Gasteiger partial charge in [0.15, 0.2) is 0 Å². The highest BCUT2D eigenvalue weighted by atomic mass is 35.5. The van der Waals surface area contributed by atoms with Crippen LogP contribution in [0.15, 0.2) is 54.6 Å². The molecule has 1 N–H and O–H groups in total. The Hall–Kier alpha value is -2.00. The summed E-state index contributed by atoms with van der Waals surface area (Å²) in [5.74, 6) is 0. The Kier molecular flexibility index (Phi) is 5.64. The zero-order valence-corrected chi connectivity index (χ0v) is 12.6. The zero-order chi connectivity index (χ0) is 15.1. The Labute approximate surface area is 129 Å². The summed E-state index contributed by atoms with van der Waals surface area (Å²) in [5.41, 5.74) is 1.86. The lowest BCUT2D eigenvalue weighted by Gasteiger charge is -2.18. The maximum atomic E-state index is 11.9. The standard InChI is InChI=1S/C17H18ClNO2/c1-2-16(14-10-6-7-11-15(14)18)21-17(20)19-12-13-8-4-3-5-9-13/h3-11,16H,2,12H2,1H3,(H,19,20)/t16-/m1/s1. The smallest absolute Gasteiger partial charge is 0.408 e. The van der Waals surface area contributed by atoms with Crippen molar-refractivity contribution in [3.63, 3.8) is 0 Å². The number of ether oxygens (including phenoxy) is 1. The van der Waals surface area contributed by atoms with Crippen LogP contribution in [0, 0.1) is 0 Å². The molecule has 0 bridgehead atoms. The van der Waals surface area contributed by atoms with Gasteiger partial charge in [0.2, 0.25) is 0 Å². The van der Waals surface area contributed by atoms with E-state index in [1.807, 2.05) is 55.5 Å². The third-order valence-corrected chi connectivity index (χ3v) is 3.50. The molecule has 21 heavy (non-hydrogen) atoms. The number of rotatable bonds is 5. The van der Waals surface area contributed by atoms with Crippen molar-refractivity contribution in [2.45, 2.75) is 26.0 Å². The number of alkyl carbamates (subject to hydrolysis) is 1. The van der Waals surface area contributed by atoms with Gasteiger partial charge >= 0.3 is 6.09 Å². The molecule has 3 nitrogen and oxygen atoms in total. The molecule has 0 fully saturated rings. The Morgan fingerprint density at radius 3 is 2.48 bits per heavy atom. The van der Waals surface area contributed by atoms with E-state index < -0.39 is 6.09 Å². The van der Waals surface area contributed by atoms with E-state index in [1.165, 1.54) is 0 Å². The monoisotopic (exact) mass is 303 g/mol. The van der Waals surface area contributed by atoms with Crippen molar-refractivity contribution < 1.29 is 9.53 Å². The molecule has 110 valence electrons. The maximum Gasteiger partial charge on any atom is 0.408 e. The van der Waals surface area contributed by atoms with Crippen LogP contribution in [0.2, 0.25) is 5.02 Å². The largest absolute Gasteiger partial charge is 0.441 e. The molecule has 1 amide bonds. The summed E-state index contributed by atoms with van der Waals surface area (Å²) < 4.78 is 5.45. The van der Waals surface area contributed by atoms with E-state index in [1.54, 1.807) is 6.07 Å². The van der Waals surface area contributed by atoms with E-state index in [-0.39, 0.29) is 6.10 Å². The number of hydrogen-bond donors (Lipinski definition) is 1. The number of benzene rings is 2. The molecule has 0 aliphatic heterocycles. The van der Waals surface area contributed by atoms with Crippen LogP contribution in [0.4, 0.5) is 4.79 Å². The number of halogens is 1. The first kappa shape index (κ1) is 15.4. The summed E-state index contributed by atoms with van der Waals surface area (Å²) in [6.07, 6.45) is -0.109. The first-order chi connectivity index (χ1) is 10.2. The molecule has 0 saturated carbocycles. The summed E-state index contributed by atoms with van der Waals surface area (Å²) in [6.45, 7) is 2.40. The normalized spacial score (nSPS) is 11.7. The average Bonchev–Trinajstić information content (AvgIpc) is 2.52. The fourth-order valence-corrected chi connectivity index (χ4v) is 2.30. The second kappa shape index (κ2) is 7.70.